The number of hydrogen-bond donors (Lipinski definition) is 1. The van der Waals surface area contributed by atoms with Crippen LogP contribution >= 0.6 is 23.4 Å². The summed E-state index contributed by atoms with van der Waals surface area (Å²) in [6, 6.07) is 1.75. The summed E-state index contributed by atoms with van der Waals surface area (Å²) < 4.78 is 16.4. The predicted molar refractivity (Wildman–Crippen MR) is 98.7 cm³/mol. The quantitative estimate of drug-likeness (QED) is 0.316. The molecule has 26 heavy (non-hydrogen) atoms. The number of nitrogens with one attached hydrogen (secondary N) is 1. The first kappa shape index (κ1) is 19.6. The van der Waals surface area contributed by atoms with E-state index in [1.165, 1.54) is 11.8 Å². The van der Waals surface area contributed by atoms with Crippen LogP contribution in [0.4, 0.5) is 5.82 Å². The summed E-state index contributed by atoms with van der Waals surface area (Å²) in [5.74, 6) is 0.479. The van der Waals surface area contributed by atoms with Crippen molar-refractivity contribution < 1.29 is 19.0 Å². The molecule has 2 saturated heterocycles. The Hall–Kier alpha value is -1.13. The zero-order valence-electron chi connectivity index (χ0n) is 14.7. The highest BCUT2D eigenvalue weighted by Gasteiger charge is 2.40. The van der Waals surface area contributed by atoms with Gasteiger partial charge in [0.1, 0.15) is 11.0 Å². The highest BCUT2D eigenvalue weighted by Crippen LogP contribution is 2.33. The van der Waals surface area contributed by atoms with Gasteiger partial charge in [0.15, 0.2) is 10.9 Å². The lowest BCUT2D eigenvalue weighted by Crippen LogP contribution is -2.45. The molecule has 1 amide bonds. The molecule has 0 unspecified atom stereocenters. The molecule has 0 aliphatic carbocycles. The fourth-order valence-electron chi connectivity index (χ4n) is 2.95. The third-order valence-corrected chi connectivity index (χ3v) is 5.33. The third-order valence-electron chi connectivity index (χ3n) is 4.28. The largest absolute Gasteiger partial charge is 0.383 e. The van der Waals surface area contributed by atoms with E-state index in [1.54, 1.807) is 13.2 Å². The summed E-state index contributed by atoms with van der Waals surface area (Å²) in [4.78, 5) is 22.7. The molecule has 1 spiro atoms. The minimum atomic E-state index is -0.425. The molecule has 3 rings (SSSR count). The number of nitrogens with zero attached hydrogens (tertiary/aromatic N) is 3. The number of rotatable bonds is 7. The summed E-state index contributed by atoms with van der Waals surface area (Å²) in [5, 5.41) is 3.62. The normalized spacial score (nSPS) is 19.1. The third kappa shape index (κ3) is 5.20. The monoisotopic (exact) mass is 402 g/mol. The number of thioether (sulfide) groups is 1. The molecule has 1 N–H and O–H groups in total. The Balaban J connectivity index is 1.55. The lowest BCUT2D eigenvalue weighted by molar-refractivity contribution is -0.169. The van der Waals surface area contributed by atoms with E-state index < -0.39 is 5.79 Å². The van der Waals surface area contributed by atoms with Gasteiger partial charge in [0.2, 0.25) is 5.91 Å². The molecule has 3 heterocycles. The van der Waals surface area contributed by atoms with E-state index in [4.69, 9.17) is 25.8 Å². The Labute approximate surface area is 161 Å². The van der Waals surface area contributed by atoms with Crippen LogP contribution < -0.4 is 10.2 Å². The summed E-state index contributed by atoms with van der Waals surface area (Å²) in [6.07, 6.45) is 1.58. The van der Waals surface area contributed by atoms with Crippen LogP contribution in [0.25, 0.3) is 0 Å². The van der Waals surface area contributed by atoms with Crippen LogP contribution in [0, 0.1) is 0 Å². The molecule has 8 nitrogen and oxygen atoms in total. The van der Waals surface area contributed by atoms with Crippen molar-refractivity contribution in [3.05, 3.63) is 11.2 Å². The van der Waals surface area contributed by atoms with Crippen LogP contribution in [-0.4, -0.2) is 74.0 Å². The standard InChI is InChI=1S/C16H23ClN4O4S/c1-23-7-4-18-14(22)11-26-15-19-12(17)10-13(20-15)21-5-2-16(3-6-21)24-8-9-25-16/h10H,2-9,11H2,1H3,(H,18,22). The fourth-order valence-corrected chi connectivity index (χ4v) is 3.86. The number of ether oxygens (including phenoxy) is 3. The molecule has 2 aliphatic heterocycles. The van der Waals surface area contributed by atoms with Crippen molar-refractivity contribution in [2.45, 2.75) is 23.8 Å². The van der Waals surface area contributed by atoms with Gasteiger partial charge >= 0.3 is 0 Å². The molecule has 0 atom stereocenters. The van der Waals surface area contributed by atoms with E-state index in [2.05, 4.69) is 20.2 Å². The van der Waals surface area contributed by atoms with Gasteiger partial charge in [0, 0.05) is 45.7 Å². The van der Waals surface area contributed by atoms with E-state index in [0.29, 0.717) is 36.7 Å². The number of halogens is 1. The number of hydrogen-bond acceptors (Lipinski definition) is 8. The molecule has 10 heteroatoms. The second-order valence-corrected chi connectivity index (χ2v) is 7.39. The molecule has 1 aromatic heterocycles. The van der Waals surface area contributed by atoms with Crippen LogP contribution in [0.5, 0.6) is 0 Å². The molecule has 0 aromatic carbocycles. The molecule has 1 aromatic rings. The van der Waals surface area contributed by atoms with Crippen molar-refractivity contribution in [2.24, 2.45) is 0 Å². The average molecular weight is 403 g/mol. The number of amides is 1. The van der Waals surface area contributed by atoms with Crippen molar-refractivity contribution in [1.82, 2.24) is 15.3 Å². The lowest BCUT2D eigenvalue weighted by atomic mass is 10.0. The van der Waals surface area contributed by atoms with E-state index in [-0.39, 0.29) is 11.7 Å². The molecule has 0 saturated carbocycles. The highest BCUT2D eigenvalue weighted by molar-refractivity contribution is 7.99. The Morgan fingerprint density at radius 3 is 2.81 bits per heavy atom. The minimum Gasteiger partial charge on any atom is -0.383 e. The van der Waals surface area contributed by atoms with Gasteiger partial charge in [-0.05, 0) is 0 Å². The zero-order chi connectivity index (χ0) is 18.4. The van der Waals surface area contributed by atoms with Crippen LogP contribution in [0.2, 0.25) is 5.15 Å². The molecule has 144 valence electrons. The summed E-state index contributed by atoms with van der Waals surface area (Å²) >= 11 is 7.41. The highest BCUT2D eigenvalue weighted by atomic mass is 35.5. The van der Waals surface area contributed by atoms with E-state index in [9.17, 15) is 4.79 Å². The van der Waals surface area contributed by atoms with Gasteiger partial charge in [-0.3, -0.25) is 4.79 Å². The maximum atomic E-state index is 11.8. The number of piperidine rings is 1. The number of aromatic nitrogens is 2. The van der Waals surface area contributed by atoms with Crippen LogP contribution in [0.15, 0.2) is 11.2 Å². The van der Waals surface area contributed by atoms with Gasteiger partial charge in [0.25, 0.3) is 0 Å². The minimum absolute atomic E-state index is 0.0902. The zero-order valence-corrected chi connectivity index (χ0v) is 16.3. The fraction of sp³-hybridized carbons (Fsp3) is 0.688. The maximum Gasteiger partial charge on any atom is 0.230 e. The number of carbonyl (C=O) groups excluding carboxylic acids is 1. The lowest BCUT2D eigenvalue weighted by Gasteiger charge is -2.38. The second-order valence-electron chi connectivity index (χ2n) is 6.06. The van der Waals surface area contributed by atoms with Crippen molar-refractivity contribution in [2.75, 3.05) is 57.2 Å². The predicted octanol–water partition coefficient (Wildman–Crippen LogP) is 1.33. The SMILES string of the molecule is COCCNC(=O)CSc1nc(Cl)cc(N2CCC3(CC2)OCCO3)n1. The molecule has 0 radical (unpaired) electrons. The molecule has 0 bridgehead atoms. The first-order valence-corrected chi connectivity index (χ1v) is 9.92. The average Bonchev–Trinajstić information content (AvgIpc) is 3.08. The topological polar surface area (TPSA) is 85.8 Å². The Kier molecular flexibility index (Phi) is 6.93. The van der Waals surface area contributed by atoms with Crippen molar-refractivity contribution in [3.63, 3.8) is 0 Å². The Morgan fingerprint density at radius 2 is 2.12 bits per heavy atom. The summed E-state index contributed by atoms with van der Waals surface area (Å²) in [5.41, 5.74) is 0. The molecule has 2 fully saturated rings. The van der Waals surface area contributed by atoms with E-state index >= 15 is 0 Å². The summed E-state index contributed by atoms with van der Waals surface area (Å²) in [6.45, 7) is 3.83. The van der Waals surface area contributed by atoms with Gasteiger partial charge in [-0.25, -0.2) is 9.97 Å². The Bertz CT molecular complexity index is 620. The second kappa shape index (κ2) is 9.18. The Morgan fingerprint density at radius 1 is 1.38 bits per heavy atom. The van der Waals surface area contributed by atoms with Crippen LogP contribution in [0.1, 0.15) is 12.8 Å². The number of carbonyl (C=O) groups is 1. The van der Waals surface area contributed by atoms with Gasteiger partial charge < -0.3 is 24.4 Å². The maximum absolute atomic E-state index is 11.8. The van der Waals surface area contributed by atoms with Gasteiger partial charge in [-0.1, -0.05) is 23.4 Å². The number of methoxy groups -OCH3 is 1. The van der Waals surface area contributed by atoms with Crippen molar-refractivity contribution in [1.29, 1.82) is 0 Å². The van der Waals surface area contributed by atoms with Crippen LogP contribution in [-0.2, 0) is 19.0 Å². The van der Waals surface area contributed by atoms with Crippen molar-refractivity contribution >= 4 is 35.1 Å². The van der Waals surface area contributed by atoms with E-state index in [1.807, 2.05) is 0 Å². The number of anilines is 1. The van der Waals surface area contributed by atoms with E-state index in [0.717, 1.165) is 31.7 Å². The first-order chi connectivity index (χ1) is 12.6. The molecule has 2 aliphatic rings. The smallest absolute Gasteiger partial charge is 0.230 e. The van der Waals surface area contributed by atoms with Gasteiger partial charge in [-0.2, -0.15) is 0 Å². The van der Waals surface area contributed by atoms with Crippen LogP contribution in [0.3, 0.4) is 0 Å². The molecular formula is C16H23ClN4O4S. The van der Waals surface area contributed by atoms with Gasteiger partial charge in [0.05, 0.1) is 25.6 Å². The summed E-state index contributed by atoms with van der Waals surface area (Å²) in [7, 11) is 1.59. The van der Waals surface area contributed by atoms with Gasteiger partial charge in [-0.15, -0.1) is 0 Å². The first-order valence-electron chi connectivity index (χ1n) is 8.56. The van der Waals surface area contributed by atoms with Crippen molar-refractivity contribution in [3.8, 4) is 0 Å². The molecular weight excluding hydrogens is 380 g/mol.